The number of nitrogens with zero attached hydrogens (tertiary/aromatic N) is 1. The first-order valence-corrected chi connectivity index (χ1v) is 4.30. The summed E-state index contributed by atoms with van der Waals surface area (Å²) in [7, 11) is 0. The minimum Gasteiger partial charge on any atom is -0.383 e. The Kier molecular flexibility index (Phi) is 2.47. The van der Waals surface area contributed by atoms with Gasteiger partial charge >= 0.3 is 0 Å². The van der Waals surface area contributed by atoms with E-state index in [0.717, 1.165) is 18.2 Å². The van der Waals surface area contributed by atoms with Crippen LogP contribution in [0.3, 0.4) is 0 Å². The van der Waals surface area contributed by atoms with Gasteiger partial charge in [-0.3, -0.25) is 5.10 Å². The highest BCUT2D eigenvalue weighted by molar-refractivity contribution is 5.28. The quantitative estimate of drug-likeness (QED) is 0.793. The van der Waals surface area contributed by atoms with Crippen molar-refractivity contribution in [2.24, 2.45) is 0 Å². The fraction of sp³-hybridized carbons (Fsp3) is 0.100. The van der Waals surface area contributed by atoms with Gasteiger partial charge in [0.1, 0.15) is 17.7 Å². The van der Waals surface area contributed by atoms with Crippen molar-refractivity contribution < 1.29 is 13.9 Å². The molecule has 2 N–H and O–H groups in total. The lowest BCUT2D eigenvalue weighted by Crippen LogP contribution is -2.02. The normalized spacial score (nSPS) is 12.7. The molecule has 78 valence electrons. The molecule has 0 bridgehead atoms. The maximum Gasteiger partial charge on any atom is 0.129 e. The molecule has 0 aliphatic carbocycles. The van der Waals surface area contributed by atoms with E-state index in [1.807, 2.05) is 0 Å². The van der Waals surface area contributed by atoms with Gasteiger partial charge in [-0.15, -0.1) is 0 Å². The van der Waals surface area contributed by atoms with Crippen molar-refractivity contribution in [2.45, 2.75) is 6.10 Å². The SMILES string of the molecule is OC(c1cn[nH]c1)c1cc(F)ccc1F. The average Bonchev–Trinajstić information content (AvgIpc) is 2.74. The summed E-state index contributed by atoms with van der Waals surface area (Å²) in [6.07, 6.45) is 1.57. The Morgan fingerprint density at radius 3 is 2.80 bits per heavy atom. The third-order valence-corrected chi connectivity index (χ3v) is 2.09. The highest BCUT2D eigenvalue weighted by Gasteiger charge is 2.16. The van der Waals surface area contributed by atoms with Gasteiger partial charge in [-0.2, -0.15) is 5.10 Å². The molecule has 3 nitrogen and oxygen atoms in total. The molecule has 1 aromatic heterocycles. The molecule has 0 aliphatic heterocycles. The summed E-state index contributed by atoms with van der Waals surface area (Å²) < 4.78 is 26.1. The molecule has 1 unspecified atom stereocenters. The predicted octanol–water partition coefficient (Wildman–Crippen LogP) is 1.77. The van der Waals surface area contributed by atoms with E-state index in [9.17, 15) is 13.9 Å². The number of aromatic nitrogens is 2. The van der Waals surface area contributed by atoms with Gasteiger partial charge in [-0.25, -0.2) is 8.78 Å². The Morgan fingerprint density at radius 2 is 2.13 bits per heavy atom. The Labute approximate surface area is 84.4 Å². The molecule has 0 fully saturated rings. The summed E-state index contributed by atoms with van der Waals surface area (Å²) >= 11 is 0. The Bertz CT molecular complexity index is 456. The molecular formula is C10H8F2N2O. The lowest BCUT2D eigenvalue weighted by molar-refractivity contribution is 0.214. The van der Waals surface area contributed by atoms with Gasteiger partial charge < -0.3 is 5.11 Å². The van der Waals surface area contributed by atoms with Crippen molar-refractivity contribution in [3.05, 3.63) is 53.4 Å². The molecule has 2 aromatic rings. The zero-order valence-corrected chi connectivity index (χ0v) is 7.61. The first-order chi connectivity index (χ1) is 7.18. The largest absolute Gasteiger partial charge is 0.383 e. The third kappa shape index (κ3) is 1.87. The Hall–Kier alpha value is -1.75. The number of nitrogens with one attached hydrogen (secondary N) is 1. The predicted molar refractivity (Wildman–Crippen MR) is 49.0 cm³/mol. The molecule has 15 heavy (non-hydrogen) atoms. The number of hydrogen-bond acceptors (Lipinski definition) is 2. The van der Waals surface area contributed by atoms with Crippen molar-refractivity contribution in [3.8, 4) is 0 Å². The molecule has 0 aliphatic rings. The lowest BCUT2D eigenvalue weighted by Gasteiger charge is -2.09. The first-order valence-electron chi connectivity index (χ1n) is 4.30. The van der Waals surface area contributed by atoms with Gasteiger partial charge in [0.05, 0.1) is 6.20 Å². The van der Waals surface area contributed by atoms with Gasteiger partial charge in [0.15, 0.2) is 0 Å². The minimum atomic E-state index is -1.21. The van der Waals surface area contributed by atoms with Crippen LogP contribution >= 0.6 is 0 Å². The fourth-order valence-corrected chi connectivity index (χ4v) is 1.31. The molecule has 0 amide bonds. The Balaban J connectivity index is 2.41. The molecular weight excluding hydrogens is 202 g/mol. The van der Waals surface area contributed by atoms with Crippen molar-refractivity contribution in [3.63, 3.8) is 0 Å². The minimum absolute atomic E-state index is 0.101. The van der Waals surface area contributed by atoms with Crippen LogP contribution in [0.15, 0.2) is 30.6 Å². The first kappa shape index (κ1) is 9.79. The summed E-state index contributed by atoms with van der Waals surface area (Å²) in [6.45, 7) is 0. The van der Waals surface area contributed by atoms with Crippen LogP contribution in [0, 0.1) is 11.6 Å². The summed E-state index contributed by atoms with van der Waals surface area (Å²) in [6, 6.07) is 2.95. The maximum atomic E-state index is 13.3. The van der Waals surface area contributed by atoms with Gasteiger partial charge in [0, 0.05) is 17.3 Å². The van der Waals surface area contributed by atoms with E-state index in [1.54, 1.807) is 0 Å². The lowest BCUT2D eigenvalue weighted by atomic mass is 10.0. The number of aliphatic hydroxyl groups is 1. The summed E-state index contributed by atoms with van der Waals surface area (Å²) in [5.41, 5.74) is 0.288. The van der Waals surface area contributed by atoms with Crippen LogP contribution in [0.2, 0.25) is 0 Å². The number of hydrogen-bond donors (Lipinski definition) is 2. The number of rotatable bonds is 2. The number of halogens is 2. The van der Waals surface area contributed by atoms with Crippen LogP contribution in [0.4, 0.5) is 8.78 Å². The van der Waals surface area contributed by atoms with Crippen LogP contribution in [-0.4, -0.2) is 15.3 Å². The van der Waals surface area contributed by atoms with Gasteiger partial charge in [-0.1, -0.05) is 0 Å². The van der Waals surface area contributed by atoms with Gasteiger partial charge in [0.25, 0.3) is 0 Å². The highest BCUT2D eigenvalue weighted by Crippen LogP contribution is 2.23. The zero-order valence-electron chi connectivity index (χ0n) is 7.61. The van der Waals surface area contributed by atoms with Crippen LogP contribution in [-0.2, 0) is 0 Å². The van der Waals surface area contributed by atoms with Crippen LogP contribution < -0.4 is 0 Å². The fourth-order valence-electron chi connectivity index (χ4n) is 1.31. The number of H-pyrrole nitrogens is 1. The highest BCUT2D eigenvalue weighted by atomic mass is 19.1. The van der Waals surface area contributed by atoms with Gasteiger partial charge in [-0.05, 0) is 18.2 Å². The standard InChI is InChI=1S/C10H8F2N2O/c11-7-1-2-9(12)8(3-7)10(15)6-4-13-14-5-6/h1-5,10,15H,(H,13,14). The van der Waals surface area contributed by atoms with Crippen molar-refractivity contribution >= 4 is 0 Å². The number of aliphatic hydroxyl groups excluding tert-OH is 1. The smallest absolute Gasteiger partial charge is 0.129 e. The van der Waals surface area contributed by atoms with E-state index in [-0.39, 0.29) is 5.56 Å². The second-order valence-electron chi connectivity index (χ2n) is 3.10. The molecule has 1 heterocycles. The topological polar surface area (TPSA) is 48.9 Å². The molecule has 0 saturated carbocycles. The van der Waals surface area contributed by atoms with E-state index in [1.165, 1.54) is 12.4 Å². The van der Waals surface area contributed by atoms with E-state index in [4.69, 9.17) is 0 Å². The number of benzene rings is 1. The summed E-state index contributed by atoms with van der Waals surface area (Å²) in [5.74, 6) is -1.24. The molecule has 5 heteroatoms. The van der Waals surface area contributed by atoms with Crippen LogP contribution in [0.5, 0.6) is 0 Å². The van der Waals surface area contributed by atoms with Crippen molar-refractivity contribution in [1.29, 1.82) is 0 Å². The zero-order chi connectivity index (χ0) is 10.8. The molecule has 1 aromatic carbocycles. The Morgan fingerprint density at radius 1 is 1.33 bits per heavy atom. The summed E-state index contributed by atoms with van der Waals surface area (Å²) in [5, 5.41) is 15.8. The van der Waals surface area contributed by atoms with E-state index in [2.05, 4.69) is 10.2 Å². The van der Waals surface area contributed by atoms with E-state index >= 15 is 0 Å². The van der Waals surface area contributed by atoms with Crippen molar-refractivity contribution in [2.75, 3.05) is 0 Å². The second-order valence-corrected chi connectivity index (χ2v) is 3.10. The molecule has 0 spiro atoms. The van der Waals surface area contributed by atoms with E-state index in [0.29, 0.717) is 5.56 Å². The summed E-state index contributed by atoms with van der Waals surface area (Å²) in [4.78, 5) is 0. The average molecular weight is 210 g/mol. The molecule has 0 radical (unpaired) electrons. The monoisotopic (exact) mass is 210 g/mol. The van der Waals surface area contributed by atoms with Crippen LogP contribution in [0.25, 0.3) is 0 Å². The van der Waals surface area contributed by atoms with Crippen LogP contribution in [0.1, 0.15) is 17.2 Å². The molecule has 2 rings (SSSR count). The second kappa shape index (κ2) is 3.78. The number of aromatic amines is 1. The van der Waals surface area contributed by atoms with Crippen molar-refractivity contribution in [1.82, 2.24) is 10.2 Å². The maximum absolute atomic E-state index is 13.3. The molecule has 1 atom stereocenters. The third-order valence-electron chi connectivity index (χ3n) is 2.09. The van der Waals surface area contributed by atoms with Gasteiger partial charge in [0.2, 0.25) is 0 Å². The molecule has 0 saturated heterocycles. The van der Waals surface area contributed by atoms with E-state index < -0.39 is 17.7 Å².